The van der Waals surface area contributed by atoms with Crippen molar-refractivity contribution in [2.75, 3.05) is 6.54 Å². The molecule has 9 nitrogen and oxygen atoms in total. The first-order valence-corrected chi connectivity index (χ1v) is 14.2. The van der Waals surface area contributed by atoms with Gasteiger partial charge in [-0.15, -0.1) is 0 Å². The zero-order chi connectivity index (χ0) is 25.2. The maximum absolute atomic E-state index is 13.9. The van der Waals surface area contributed by atoms with Gasteiger partial charge in [0.05, 0.1) is 0 Å². The second-order valence-electron chi connectivity index (χ2n) is 10.9. The number of rotatable bonds is 12. The van der Waals surface area contributed by atoms with Crippen molar-refractivity contribution in [3.63, 3.8) is 0 Å². The van der Waals surface area contributed by atoms with E-state index in [0.717, 1.165) is 29.1 Å². The highest BCUT2D eigenvalue weighted by Gasteiger charge is 2.53. The molecule has 4 aliphatic carbocycles. The van der Waals surface area contributed by atoms with Gasteiger partial charge < -0.3 is 16.2 Å². The first kappa shape index (κ1) is 26.1. The fraction of sp³-hybridized carbons (Fsp3) is 0.680. The number of amides is 1. The summed E-state index contributed by atoms with van der Waals surface area (Å²) >= 11 is 0. The van der Waals surface area contributed by atoms with Gasteiger partial charge in [-0.3, -0.25) is 9.59 Å². The Balaban J connectivity index is 1.66. The van der Waals surface area contributed by atoms with Crippen molar-refractivity contribution in [2.24, 2.45) is 28.6 Å². The van der Waals surface area contributed by atoms with Gasteiger partial charge in [0.2, 0.25) is 5.91 Å². The minimum atomic E-state index is -4.52. The zero-order valence-electron chi connectivity index (χ0n) is 20.1. The summed E-state index contributed by atoms with van der Waals surface area (Å²) in [5, 5.41) is 18.8. The minimum absolute atomic E-state index is 0.0267. The van der Waals surface area contributed by atoms with Crippen LogP contribution in [0, 0.1) is 17.8 Å². The van der Waals surface area contributed by atoms with Gasteiger partial charge in [-0.1, -0.05) is 30.3 Å². The van der Waals surface area contributed by atoms with Crippen molar-refractivity contribution in [1.82, 2.24) is 9.62 Å². The van der Waals surface area contributed by atoms with Crippen LogP contribution in [-0.2, 0) is 26.2 Å². The Labute approximate surface area is 207 Å². The first-order chi connectivity index (χ1) is 16.6. The fourth-order valence-corrected chi connectivity index (χ4v) is 8.23. The lowest BCUT2D eigenvalue weighted by Gasteiger charge is -2.57. The monoisotopic (exact) mass is 506 g/mol. The highest BCUT2D eigenvalue weighted by molar-refractivity contribution is 7.86. The number of hydrogen-bond donors (Lipinski definition) is 4. The van der Waals surface area contributed by atoms with Crippen LogP contribution in [0.2, 0.25) is 0 Å². The predicted molar refractivity (Wildman–Crippen MR) is 132 cm³/mol. The molecular weight excluding hydrogens is 468 g/mol. The summed E-state index contributed by atoms with van der Waals surface area (Å²) in [7, 11) is -4.52. The molecule has 0 aromatic heterocycles. The molecule has 35 heavy (non-hydrogen) atoms. The average Bonchev–Trinajstić information content (AvgIpc) is 2.76. The van der Waals surface area contributed by atoms with Crippen LogP contribution in [0.25, 0.3) is 0 Å². The summed E-state index contributed by atoms with van der Waals surface area (Å²) in [6.45, 7) is 0.363. The summed E-state index contributed by atoms with van der Waals surface area (Å²) in [6.07, 6.45) is 7.33. The highest BCUT2D eigenvalue weighted by Crippen LogP contribution is 2.55. The van der Waals surface area contributed by atoms with Crippen LogP contribution in [0.4, 0.5) is 0 Å². The maximum atomic E-state index is 13.9. The molecule has 4 fully saturated rings. The summed E-state index contributed by atoms with van der Waals surface area (Å²) in [5.41, 5.74) is 5.95. The van der Waals surface area contributed by atoms with E-state index in [9.17, 15) is 23.1 Å². The van der Waals surface area contributed by atoms with Crippen LogP contribution < -0.4 is 16.2 Å². The average molecular weight is 507 g/mol. The quantitative estimate of drug-likeness (QED) is 0.317. The number of carboxylic acids is 1. The molecule has 5 rings (SSSR count). The Bertz CT molecular complexity index is 981. The maximum Gasteiger partial charge on any atom is 0.322 e. The van der Waals surface area contributed by atoms with E-state index in [2.05, 4.69) is 5.32 Å². The van der Waals surface area contributed by atoms with Crippen molar-refractivity contribution in [3.05, 3.63) is 35.9 Å². The van der Waals surface area contributed by atoms with Gasteiger partial charge in [0.15, 0.2) is 0 Å². The molecule has 0 radical (unpaired) electrons. The number of aliphatic carboxylic acids is 1. The van der Waals surface area contributed by atoms with E-state index >= 15 is 0 Å². The lowest BCUT2D eigenvalue weighted by Crippen LogP contribution is -2.65. The van der Waals surface area contributed by atoms with E-state index in [1.54, 1.807) is 24.3 Å². The number of carboxylic acid groups (broad SMARTS) is 1. The third kappa shape index (κ3) is 6.04. The highest BCUT2D eigenvalue weighted by atomic mass is 32.2. The smallest absolute Gasteiger partial charge is 0.322 e. The van der Waals surface area contributed by atoms with E-state index in [4.69, 9.17) is 10.9 Å². The molecule has 1 aromatic carbocycles. The van der Waals surface area contributed by atoms with Gasteiger partial charge in [0, 0.05) is 5.54 Å². The van der Waals surface area contributed by atoms with Crippen molar-refractivity contribution >= 4 is 22.1 Å². The normalized spacial score (nSPS) is 29.2. The van der Waals surface area contributed by atoms with E-state index in [1.165, 1.54) is 19.3 Å². The van der Waals surface area contributed by atoms with Gasteiger partial charge in [-0.25, -0.2) is 5.14 Å². The number of unbranched alkanes of at least 4 members (excludes halogenated alkanes) is 1. The molecule has 0 unspecified atom stereocenters. The molecule has 4 aliphatic rings. The molecular formula is C25H38N4O5S. The second-order valence-corrected chi connectivity index (χ2v) is 12.4. The summed E-state index contributed by atoms with van der Waals surface area (Å²) < 4.78 is 26.4. The van der Waals surface area contributed by atoms with Crippen molar-refractivity contribution in [1.29, 1.82) is 0 Å². The van der Waals surface area contributed by atoms with Gasteiger partial charge in [-0.2, -0.15) is 12.7 Å². The molecule has 0 aliphatic heterocycles. The second kappa shape index (κ2) is 10.5. The molecule has 194 valence electrons. The minimum Gasteiger partial charge on any atom is -0.480 e. The van der Waals surface area contributed by atoms with Crippen LogP contribution in [0.5, 0.6) is 0 Å². The van der Waals surface area contributed by atoms with Crippen LogP contribution in [0.15, 0.2) is 30.3 Å². The topological polar surface area (TPSA) is 156 Å². The van der Waals surface area contributed by atoms with Crippen molar-refractivity contribution < 1.29 is 23.1 Å². The number of nitrogens with two attached hydrogens (primary N) is 2. The molecule has 0 saturated heterocycles. The lowest BCUT2D eigenvalue weighted by molar-refractivity contribution is -0.143. The zero-order valence-corrected chi connectivity index (χ0v) is 21.0. The van der Waals surface area contributed by atoms with Crippen molar-refractivity contribution in [3.8, 4) is 0 Å². The number of nitrogens with one attached hydrogen (secondary N) is 1. The largest absolute Gasteiger partial charge is 0.480 e. The SMILES string of the molecule is NCCCC[C@@H](C(=O)O)N([C@@H](Cc1ccccc1)C(=O)NC12CC3CC(CC(C3)C1)C2)S(N)(=O)=O. The van der Waals surface area contributed by atoms with E-state index in [1.807, 2.05) is 6.07 Å². The lowest BCUT2D eigenvalue weighted by atomic mass is 9.53. The van der Waals surface area contributed by atoms with E-state index in [-0.39, 0.29) is 18.4 Å². The first-order valence-electron chi connectivity index (χ1n) is 12.7. The van der Waals surface area contributed by atoms with Gasteiger partial charge in [0.1, 0.15) is 12.1 Å². The molecule has 0 spiro atoms. The number of hydrogen-bond acceptors (Lipinski definition) is 5. The third-order valence-electron chi connectivity index (χ3n) is 8.13. The summed E-state index contributed by atoms with van der Waals surface area (Å²) in [4.78, 5) is 26.1. The number of benzene rings is 1. The van der Waals surface area contributed by atoms with E-state index in [0.29, 0.717) is 37.1 Å². The van der Waals surface area contributed by atoms with Crippen LogP contribution in [-0.4, -0.2) is 53.9 Å². The fourth-order valence-electron chi connectivity index (χ4n) is 7.16. The molecule has 6 N–H and O–H groups in total. The molecule has 4 saturated carbocycles. The molecule has 10 heteroatoms. The Morgan fingerprint density at radius 3 is 2.09 bits per heavy atom. The predicted octanol–water partition coefficient (Wildman–Crippen LogP) is 1.77. The molecule has 2 atom stereocenters. The number of carbonyl (C=O) groups is 2. The Morgan fingerprint density at radius 2 is 1.60 bits per heavy atom. The molecule has 1 aromatic rings. The Hall–Kier alpha value is -2.01. The van der Waals surface area contributed by atoms with Crippen molar-refractivity contribution in [2.45, 2.75) is 81.8 Å². The van der Waals surface area contributed by atoms with Crippen LogP contribution in [0.1, 0.15) is 63.4 Å². The summed E-state index contributed by atoms with van der Waals surface area (Å²) in [6, 6.07) is 6.33. The molecule has 1 amide bonds. The van der Waals surface area contributed by atoms with Gasteiger partial charge in [0.25, 0.3) is 10.2 Å². The third-order valence-corrected chi connectivity index (χ3v) is 9.22. The molecule has 0 heterocycles. The Morgan fingerprint density at radius 1 is 1.03 bits per heavy atom. The van der Waals surface area contributed by atoms with Crippen LogP contribution in [0.3, 0.4) is 0 Å². The van der Waals surface area contributed by atoms with E-state index < -0.39 is 34.2 Å². The Kier molecular flexibility index (Phi) is 7.85. The standard InChI is InChI=1S/C25H38N4O5S/c26-9-5-4-8-21(24(31)32)29(35(27,33)34)22(13-17-6-2-1-3-7-17)23(30)28-25-14-18-10-19(15-25)12-20(11-18)16-25/h1-3,6-7,18-22H,4-5,8-16,26H2,(H,28,30)(H,31,32)(H2,27,33,34)/t18?,19?,20?,21-,22-,25?/m0/s1. The van der Waals surface area contributed by atoms with Crippen LogP contribution >= 0.6 is 0 Å². The summed E-state index contributed by atoms with van der Waals surface area (Å²) in [5.74, 6) is -0.0175. The van der Waals surface area contributed by atoms with Gasteiger partial charge in [-0.05, 0) is 94.1 Å². The number of carbonyl (C=O) groups excluding carboxylic acids is 1. The molecule has 4 bridgehead atoms. The van der Waals surface area contributed by atoms with Gasteiger partial charge >= 0.3 is 5.97 Å². The number of nitrogens with zero attached hydrogens (tertiary/aromatic N) is 1.